The Morgan fingerprint density at radius 1 is 1.21 bits per heavy atom. The van der Waals surface area contributed by atoms with Gasteiger partial charge in [0.15, 0.2) is 9.84 Å². The lowest BCUT2D eigenvalue weighted by Crippen LogP contribution is -2.35. The van der Waals surface area contributed by atoms with Crippen molar-refractivity contribution in [1.82, 2.24) is 0 Å². The molecule has 0 bridgehead atoms. The molecule has 3 atom stereocenters. The molecule has 0 saturated heterocycles. The summed E-state index contributed by atoms with van der Waals surface area (Å²) in [6, 6.07) is 7.57. The lowest BCUT2D eigenvalue weighted by molar-refractivity contribution is 0.253. The molecule has 0 radical (unpaired) electrons. The predicted octanol–water partition coefficient (Wildman–Crippen LogP) is 3.33. The number of hydrogen-bond acceptors (Lipinski definition) is 3. The first-order valence-corrected chi connectivity index (χ1v) is 8.84. The third-order valence-corrected chi connectivity index (χ3v) is 5.43. The summed E-state index contributed by atoms with van der Waals surface area (Å²) < 4.78 is 23.1. The summed E-state index contributed by atoms with van der Waals surface area (Å²) in [5, 5.41) is 3.51. The minimum absolute atomic E-state index is 0.383. The van der Waals surface area contributed by atoms with Gasteiger partial charge in [-0.15, -0.1) is 0 Å². The number of rotatable bonds is 3. The molecule has 1 saturated carbocycles. The van der Waals surface area contributed by atoms with Crippen LogP contribution in [0, 0.1) is 11.8 Å². The van der Waals surface area contributed by atoms with E-state index < -0.39 is 9.84 Å². The summed E-state index contributed by atoms with van der Waals surface area (Å²) in [6.07, 6.45) is 4.95. The zero-order chi connectivity index (χ0) is 14.0. The average molecular weight is 281 g/mol. The van der Waals surface area contributed by atoms with E-state index in [2.05, 4.69) is 19.2 Å². The van der Waals surface area contributed by atoms with E-state index in [1.165, 1.54) is 19.1 Å². The Morgan fingerprint density at radius 2 is 1.95 bits per heavy atom. The predicted molar refractivity (Wildman–Crippen MR) is 79.1 cm³/mol. The van der Waals surface area contributed by atoms with Crippen molar-refractivity contribution in [2.24, 2.45) is 11.8 Å². The van der Waals surface area contributed by atoms with Gasteiger partial charge in [-0.25, -0.2) is 8.42 Å². The van der Waals surface area contributed by atoms with Crippen molar-refractivity contribution in [1.29, 1.82) is 0 Å². The topological polar surface area (TPSA) is 46.2 Å². The second kappa shape index (κ2) is 5.53. The van der Waals surface area contributed by atoms with Crippen molar-refractivity contribution in [3.8, 4) is 0 Å². The maximum Gasteiger partial charge on any atom is 0.175 e. The maximum absolute atomic E-state index is 11.6. The lowest BCUT2D eigenvalue weighted by atomic mass is 9.78. The molecule has 1 fully saturated rings. The lowest BCUT2D eigenvalue weighted by Gasteiger charge is -2.35. The number of anilines is 1. The Morgan fingerprint density at radius 3 is 2.63 bits per heavy atom. The van der Waals surface area contributed by atoms with Crippen molar-refractivity contribution in [3.05, 3.63) is 24.3 Å². The van der Waals surface area contributed by atoms with Crippen LogP contribution >= 0.6 is 0 Å². The molecule has 1 aliphatic rings. The molecule has 1 aromatic rings. The number of nitrogens with one attached hydrogen (secondary N) is 1. The molecule has 1 aromatic carbocycles. The highest BCUT2D eigenvalue weighted by molar-refractivity contribution is 7.90. The van der Waals surface area contributed by atoms with Gasteiger partial charge in [0.25, 0.3) is 0 Å². The average Bonchev–Trinajstić information content (AvgIpc) is 2.34. The summed E-state index contributed by atoms with van der Waals surface area (Å²) in [5.74, 6) is 1.35. The molecule has 19 heavy (non-hydrogen) atoms. The van der Waals surface area contributed by atoms with Crippen LogP contribution in [0.15, 0.2) is 29.2 Å². The highest BCUT2D eigenvalue weighted by atomic mass is 32.2. The van der Waals surface area contributed by atoms with Gasteiger partial charge in [-0.05, 0) is 36.5 Å². The van der Waals surface area contributed by atoms with Crippen LogP contribution in [0.4, 0.5) is 5.69 Å². The van der Waals surface area contributed by atoms with Crippen molar-refractivity contribution in [3.63, 3.8) is 0 Å². The molecular formula is C15H23NO2S. The van der Waals surface area contributed by atoms with Gasteiger partial charge in [-0.3, -0.25) is 0 Å². The standard InChI is InChI=1S/C15H23NO2S/c1-11-6-4-9-15(12(11)2)16-13-7-5-8-14(10-13)19(3,17)18/h5,7-8,10-12,15-16H,4,6,9H2,1-3H3. The zero-order valence-electron chi connectivity index (χ0n) is 11.9. The van der Waals surface area contributed by atoms with E-state index in [9.17, 15) is 8.42 Å². The van der Waals surface area contributed by atoms with Crippen LogP contribution in [0.2, 0.25) is 0 Å². The highest BCUT2D eigenvalue weighted by Gasteiger charge is 2.26. The van der Waals surface area contributed by atoms with Gasteiger partial charge in [0.2, 0.25) is 0 Å². The minimum Gasteiger partial charge on any atom is -0.382 e. The van der Waals surface area contributed by atoms with E-state index >= 15 is 0 Å². The largest absolute Gasteiger partial charge is 0.382 e. The summed E-state index contributed by atoms with van der Waals surface area (Å²) in [5.41, 5.74) is 0.911. The first kappa shape index (κ1) is 14.4. The second-order valence-corrected chi connectivity index (χ2v) is 7.83. The van der Waals surface area contributed by atoms with Crippen LogP contribution in [0.3, 0.4) is 0 Å². The quantitative estimate of drug-likeness (QED) is 0.924. The fourth-order valence-corrected chi connectivity index (χ4v) is 3.48. The molecular weight excluding hydrogens is 258 g/mol. The maximum atomic E-state index is 11.6. The van der Waals surface area contributed by atoms with E-state index in [1.807, 2.05) is 6.07 Å². The Hall–Kier alpha value is -1.03. The zero-order valence-corrected chi connectivity index (χ0v) is 12.7. The van der Waals surface area contributed by atoms with Crippen LogP contribution in [-0.4, -0.2) is 20.7 Å². The number of sulfone groups is 1. The van der Waals surface area contributed by atoms with Gasteiger partial charge < -0.3 is 5.32 Å². The molecule has 0 heterocycles. The first-order chi connectivity index (χ1) is 8.88. The molecule has 3 nitrogen and oxygen atoms in total. The van der Waals surface area contributed by atoms with Gasteiger partial charge in [0.05, 0.1) is 4.90 Å². The number of hydrogen-bond donors (Lipinski definition) is 1. The van der Waals surface area contributed by atoms with Gasteiger partial charge >= 0.3 is 0 Å². The Bertz CT molecular complexity index is 539. The van der Waals surface area contributed by atoms with E-state index in [-0.39, 0.29) is 0 Å². The van der Waals surface area contributed by atoms with E-state index in [0.717, 1.165) is 18.0 Å². The van der Waals surface area contributed by atoms with E-state index in [1.54, 1.807) is 18.2 Å². The third-order valence-electron chi connectivity index (χ3n) is 4.32. The summed E-state index contributed by atoms with van der Waals surface area (Å²) in [6.45, 7) is 4.58. The van der Waals surface area contributed by atoms with Crippen molar-refractivity contribution >= 4 is 15.5 Å². The van der Waals surface area contributed by atoms with E-state index in [4.69, 9.17) is 0 Å². The van der Waals surface area contributed by atoms with Gasteiger partial charge in [0, 0.05) is 18.0 Å². The Labute approximate surface area is 116 Å². The van der Waals surface area contributed by atoms with Crippen molar-refractivity contribution in [2.75, 3.05) is 11.6 Å². The molecule has 2 rings (SSSR count). The summed E-state index contributed by atoms with van der Waals surface area (Å²) in [7, 11) is -3.13. The summed E-state index contributed by atoms with van der Waals surface area (Å²) >= 11 is 0. The first-order valence-electron chi connectivity index (χ1n) is 6.94. The fourth-order valence-electron chi connectivity index (χ4n) is 2.82. The van der Waals surface area contributed by atoms with Crippen LogP contribution in [0.25, 0.3) is 0 Å². The monoisotopic (exact) mass is 281 g/mol. The van der Waals surface area contributed by atoms with Gasteiger partial charge in [-0.2, -0.15) is 0 Å². The molecule has 1 N–H and O–H groups in total. The molecule has 106 valence electrons. The van der Waals surface area contributed by atoms with Crippen LogP contribution in [-0.2, 0) is 9.84 Å². The molecule has 0 aromatic heterocycles. The van der Waals surface area contributed by atoms with Crippen LogP contribution < -0.4 is 5.32 Å². The summed E-state index contributed by atoms with van der Waals surface area (Å²) in [4.78, 5) is 0.383. The smallest absolute Gasteiger partial charge is 0.175 e. The SMILES string of the molecule is CC1CCCC(Nc2cccc(S(C)(=O)=O)c2)C1C. The molecule has 0 aliphatic heterocycles. The molecule has 4 heteroatoms. The van der Waals surface area contributed by atoms with Gasteiger partial charge in [0.1, 0.15) is 0 Å². The fraction of sp³-hybridized carbons (Fsp3) is 0.600. The molecule has 1 aliphatic carbocycles. The normalized spacial score (nSPS) is 28.1. The van der Waals surface area contributed by atoms with Gasteiger partial charge in [-0.1, -0.05) is 32.8 Å². The third kappa shape index (κ3) is 3.50. The Kier molecular flexibility index (Phi) is 4.19. The molecule has 3 unspecified atom stereocenters. The van der Waals surface area contributed by atoms with Crippen molar-refractivity contribution < 1.29 is 8.42 Å². The Balaban J connectivity index is 2.15. The second-order valence-electron chi connectivity index (χ2n) is 5.82. The minimum atomic E-state index is -3.13. The molecule has 0 spiro atoms. The van der Waals surface area contributed by atoms with Crippen molar-refractivity contribution in [2.45, 2.75) is 44.0 Å². The highest BCUT2D eigenvalue weighted by Crippen LogP contribution is 2.31. The van der Waals surface area contributed by atoms with Crippen LogP contribution in [0.1, 0.15) is 33.1 Å². The number of benzene rings is 1. The van der Waals surface area contributed by atoms with E-state index in [0.29, 0.717) is 16.9 Å². The molecule has 0 amide bonds. The van der Waals surface area contributed by atoms with Crippen LogP contribution in [0.5, 0.6) is 0 Å².